The molecule has 6 nitrogen and oxygen atoms in total. The number of halogens is 3. The number of benzene rings is 3. The summed E-state index contributed by atoms with van der Waals surface area (Å²) in [5, 5.41) is 7.47. The smallest absolute Gasteiger partial charge is 0.271 e. The van der Waals surface area contributed by atoms with E-state index in [1.807, 2.05) is 12.1 Å². The third-order valence-corrected chi connectivity index (χ3v) is 6.29. The summed E-state index contributed by atoms with van der Waals surface area (Å²) in [6, 6.07) is 17.6. The predicted molar refractivity (Wildman–Crippen MR) is 145 cm³/mol. The van der Waals surface area contributed by atoms with Crippen molar-refractivity contribution in [2.45, 2.75) is 26.2 Å². The number of amides is 2. The number of hydrogen-bond donors (Lipinski definition) is 2. The zero-order chi connectivity index (χ0) is 25.2. The normalized spacial score (nSPS) is 10.9. The summed E-state index contributed by atoms with van der Waals surface area (Å²) < 4.78 is 6.22. The average Bonchev–Trinajstić information content (AvgIpc) is 2.84. The van der Waals surface area contributed by atoms with Crippen LogP contribution in [0.1, 0.15) is 41.3 Å². The molecular formula is C26H24BrCl2N3O3. The first-order chi connectivity index (χ1) is 16.9. The van der Waals surface area contributed by atoms with Crippen LogP contribution in [0.5, 0.6) is 5.75 Å². The molecule has 2 N–H and O–H groups in total. The van der Waals surface area contributed by atoms with Gasteiger partial charge in [-0.15, -0.1) is 0 Å². The Morgan fingerprint density at radius 2 is 1.80 bits per heavy atom. The van der Waals surface area contributed by atoms with Crippen LogP contribution in [0.25, 0.3) is 0 Å². The Bertz CT molecular complexity index is 1220. The number of ether oxygens (including phenoxy) is 1. The number of hydrazone groups is 1. The maximum atomic E-state index is 12.3. The number of hydrogen-bond acceptors (Lipinski definition) is 4. The standard InChI is InChI=1S/C26H24BrCl2N3O3/c1-2-3-4-17-5-8-19(9-6-17)26(34)32-30-15-18-7-12-24(21(27)13-18)35-16-25(33)31-20-10-11-22(28)23(29)14-20/h5-15H,2-4,16H2,1H3,(H,31,33)(H,32,34)/b30-15+. The molecule has 0 heterocycles. The maximum absolute atomic E-state index is 12.3. The van der Waals surface area contributed by atoms with Crippen LogP contribution in [0.4, 0.5) is 5.69 Å². The molecule has 35 heavy (non-hydrogen) atoms. The summed E-state index contributed by atoms with van der Waals surface area (Å²) in [4.78, 5) is 24.4. The van der Waals surface area contributed by atoms with Gasteiger partial charge >= 0.3 is 0 Å². The first-order valence-electron chi connectivity index (χ1n) is 11.0. The van der Waals surface area contributed by atoms with Gasteiger partial charge in [-0.25, -0.2) is 5.43 Å². The molecule has 0 saturated carbocycles. The largest absolute Gasteiger partial charge is 0.483 e. The summed E-state index contributed by atoms with van der Waals surface area (Å²) in [5.74, 6) is -0.143. The quantitative estimate of drug-likeness (QED) is 0.204. The molecule has 0 atom stereocenters. The number of rotatable bonds is 10. The number of anilines is 1. The lowest BCUT2D eigenvalue weighted by Gasteiger charge is -2.10. The van der Waals surface area contributed by atoms with Gasteiger partial charge in [0.25, 0.3) is 11.8 Å². The minimum absolute atomic E-state index is 0.195. The van der Waals surface area contributed by atoms with Gasteiger partial charge in [0.2, 0.25) is 0 Å². The van der Waals surface area contributed by atoms with Crippen molar-refractivity contribution >= 4 is 62.8 Å². The van der Waals surface area contributed by atoms with Crippen molar-refractivity contribution in [1.29, 1.82) is 0 Å². The minimum Gasteiger partial charge on any atom is -0.483 e. The number of carbonyl (C=O) groups excluding carboxylic acids is 2. The van der Waals surface area contributed by atoms with E-state index in [9.17, 15) is 9.59 Å². The Morgan fingerprint density at radius 1 is 1.03 bits per heavy atom. The molecule has 2 amide bonds. The lowest BCUT2D eigenvalue weighted by atomic mass is 10.1. The molecule has 0 aromatic heterocycles. The maximum Gasteiger partial charge on any atom is 0.271 e. The summed E-state index contributed by atoms with van der Waals surface area (Å²) in [5.41, 5.74) is 5.55. The molecule has 0 aliphatic carbocycles. The Kier molecular flexibility index (Phi) is 10.1. The zero-order valence-corrected chi connectivity index (χ0v) is 22.1. The Balaban J connectivity index is 1.49. The fraction of sp³-hybridized carbons (Fsp3) is 0.192. The van der Waals surface area contributed by atoms with Crippen molar-refractivity contribution in [1.82, 2.24) is 5.43 Å². The van der Waals surface area contributed by atoms with E-state index in [0.717, 1.165) is 24.8 Å². The summed E-state index contributed by atoms with van der Waals surface area (Å²) in [6.07, 6.45) is 4.79. The van der Waals surface area contributed by atoms with Gasteiger partial charge in [0.15, 0.2) is 6.61 Å². The lowest BCUT2D eigenvalue weighted by molar-refractivity contribution is -0.118. The molecule has 0 aliphatic rings. The van der Waals surface area contributed by atoms with Crippen LogP contribution in [0.15, 0.2) is 70.2 Å². The van der Waals surface area contributed by atoms with Crippen molar-refractivity contribution in [2.75, 3.05) is 11.9 Å². The van der Waals surface area contributed by atoms with Gasteiger partial charge in [-0.05, 0) is 88.4 Å². The van der Waals surface area contributed by atoms with E-state index < -0.39 is 0 Å². The van der Waals surface area contributed by atoms with Gasteiger partial charge in [-0.3, -0.25) is 9.59 Å². The van der Waals surface area contributed by atoms with E-state index >= 15 is 0 Å². The Hall–Kier alpha value is -2.87. The fourth-order valence-electron chi connectivity index (χ4n) is 3.06. The molecule has 182 valence electrons. The molecule has 3 aromatic carbocycles. The van der Waals surface area contributed by atoms with Crippen LogP contribution in [0.3, 0.4) is 0 Å². The fourth-order valence-corrected chi connectivity index (χ4v) is 3.87. The second kappa shape index (κ2) is 13.3. The van der Waals surface area contributed by atoms with Crippen molar-refractivity contribution in [3.63, 3.8) is 0 Å². The highest BCUT2D eigenvalue weighted by atomic mass is 79.9. The number of nitrogens with one attached hydrogen (secondary N) is 2. The van der Waals surface area contributed by atoms with Crippen molar-refractivity contribution < 1.29 is 14.3 Å². The number of nitrogens with zero attached hydrogens (tertiary/aromatic N) is 1. The van der Waals surface area contributed by atoms with Gasteiger partial charge < -0.3 is 10.1 Å². The van der Waals surface area contributed by atoms with Gasteiger partial charge in [0.1, 0.15) is 5.75 Å². The highest BCUT2D eigenvalue weighted by Crippen LogP contribution is 2.26. The van der Waals surface area contributed by atoms with Gasteiger partial charge in [0.05, 0.1) is 20.7 Å². The second-order valence-corrected chi connectivity index (χ2v) is 9.32. The van der Waals surface area contributed by atoms with Crippen LogP contribution in [0.2, 0.25) is 10.0 Å². The van der Waals surface area contributed by atoms with Gasteiger partial charge in [-0.2, -0.15) is 5.10 Å². The highest BCUT2D eigenvalue weighted by Gasteiger charge is 2.09. The van der Waals surface area contributed by atoms with Crippen LogP contribution >= 0.6 is 39.1 Å². The van der Waals surface area contributed by atoms with Crippen LogP contribution < -0.4 is 15.5 Å². The van der Waals surface area contributed by atoms with Crippen molar-refractivity contribution in [3.05, 3.63) is 91.9 Å². The highest BCUT2D eigenvalue weighted by molar-refractivity contribution is 9.10. The van der Waals surface area contributed by atoms with Crippen LogP contribution in [-0.2, 0) is 11.2 Å². The van der Waals surface area contributed by atoms with Crippen LogP contribution in [-0.4, -0.2) is 24.6 Å². The Labute approximate surface area is 222 Å². The first-order valence-corrected chi connectivity index (χ1v) is 12.5. The molecular weight excluding hydrogens is 553 g/mol. The molecule has 0 unspecified atom stereocenters. The van der Waals surface area contributed by atoms with E-state index in [1.54, 1.807) is 48.5 Å². The van der Waals surface area contributed by atoms with Crippen molar-refractivity contribution in [2.24, 2.45) is 5.10 Å². The van der Waals surface area contributed by atoms with Gasteiger partial charge in [0, 0.05) is 11.3 Å². The van der Waals surface area contributed by atoms with E-state index in [2.05, 4.69) is 38.7 Å². The lowest BCUT2D eigenvalue weighted by Crippen LogP contribution is -2.20. The van der Waals surface area contributed by atoms with E-state index in [4.69, 9.17) is 27.9 Å². The number of carbonyl (C=O) groups is 2. The second-order valence-electron chi connectivity index (χ2n) is 7.66. The molecule has 3 rings (SSSR count). The van der Waals surface area contributed by atoms with Crippen LogP contribution in [0, 0.1) is 0 Å². The van der Waals surface area contributed by atoms with Gasteiger partial charge in [-0.1, -0.05) is 48.7 Å². The molecule has 0 bridgehead atoms. The topological polar surface area (TPSA) is 79.8 Å². The third kappa shape index (κ3) is 8.38. The summed E-state index contributed by atoms with van der Waals surface area (Å²) in [7, 11) is 0. The zero-order valence-electron chi connectivity index (χ0n) is 19.0. The minimum atomic E-state index is -0.345. The summed E-state index contributed by atoms with van der Waals surface area (Å²) in [6.45, 7) is 1.96. The van der Waals surface area contributed by atoms with Crippen molar-refractivity contribution in [3.8, 4) is 5.75 Å². The average molecular weight is 577 g/mol. The molecule has 0 spiro atoms. The molecule has 0 aliphatic heterocycles. The monoisotopic (exact) mass is 575 g/mol. The molecule has 9 heteroatoms. The molecule has 0 saturated heterocycles. The Morgan fingerprint density at radius 3 is 2.49 bits per heavy atom. The number of unbranched alkanes of at least 4 members (excludes halogenated alkanes) is 1. The third-order valence-electron chi connectivity index (χ3n) is 4.93. The number of aryl methyl sites for hydroxylation is 1. The predicted octanol–water partition coefficient (Wildman–Crippen LogP) is 6.88. The molecule has 3 aromatic rings. The first kappa shape index (κ1) is 26.7. The van der Waals surface area contributed by atoms with E-state index in [0.29, 0.717) is 31.5 Å². The molecule has 0 radical (unpaired) electrons. The van der Waals surface area contributed by atoms with E-state index in [-0.39, 0.29) is 18.4 Å². The summed E-state index contributed by atoms with van der Waals surface area (Å²) >= 11 is 15.3. The molecule has 0 fully saturated rings. The van der Waals surface area contributed by atoms with E-state index in [1.165, 1.54) is 11.8 Å². The SMILES string of the molecule is CCCCc1ccc(C(=O)N/N=C/c2ccc(OCC(=O)Nc3ccc(Cl)c(Cl)c3)c(Br)c2)cc1.